The summed E-state index contributed by atoms with van der Waals surface area (Å²) in [5.41, 5.74) is 1.37. The molecule has 11 heteroatoms. The molecule has 2 amide bonds. The first-order valence-corrected chi connectivity index (χ1v) is 11.1. The molecule has 0 bridgehead atoms. The molecule has 0 radical (unpaired) electrons. The minimum Gasteiger partial charge on any atom is -0.307 e. The standard InChI is InChI=1S/C21H12F3N3O2S3/c22-21(23,24)14-7-5-12(6-8-14)15-10-31-19(25-15)26-17(28)13-3-1-11(2-4-13)9-16-18(29)27-20(30)32-16/h1-10H,(H,25,26,28)(H,27,29,30)/b16-9-. The molecule has 0 spiro atoms. The average molecular weight is 492 g/mol. The number of aromatic nitrogens is 1. The van der Waals surface area contributed by atoms with Crippen molar-refractivity contribution in [2.24, 2.45) is 0 Å². The fourth-order valence-electron chi connectivity index (χ4n) is 2.77. The number of amides is 2. The number of thioether (sulfide) groups is 1. The minimum absolute atomic E-state index is 0.255. The molecule has 3 aromatic rings. The molecule has 162 valence electrons. The molecule has 5 nitrogen and oxygen atoms in total. The van der Waals surface area contributed by atoms with E-state index in [1.54, 1.807) is 35.7 Å². The number of hydrogen-bond acceptors (Lipinski definition) is 6. The van der Waals surface area contributed by atoms with Gasteiger partial charge in [-0.15, -0.1) is 11.3 Å². The van der Waals surface area contributed by atoms with Crippen LogP contribution < -0.4 is 10.6 Å². The van der Waals surface area contributed by atoms with Crippen molar-refractivity contribution in [2.45, 2.75) is 6.18 Å². The van der Waals surface area contributed by atoms with Gasteiger partial charge in [0.05, 0.1) is 16.2 Å². The van der Waals surface area contributed by atoms with Crippen LogP contribution in [0.3, 0.4) is 0 Å². The highest BCUT2D eigenvalue weighted by atomic mass is 32.2. The summed E-state index contributed by atoms with van der Waals surface area (Å²) >= 11 is 7.29. The van der Waals surface area contributed by atoms with E-state index in [0.29, 0.717) is 31.2 Å². The Morgan fingerprint density at radius 1 is 1.09 bits per heavy atom. The van der Waals surface area contributed by atoms with Crippen LogP contribution in [0.25, 0.3) is 17.3 Å². The zero-order valence-electron chi connectivity index (χ0n) is 15.9. The Morgan fingerprint density at radius 2 is 1.78 bits per heavy atom. The van der Waals surface area contributed by atoms with Crippen LogP contribution >= 0.6 is 35.3 Å². The molecule has 0 unspecified atom stereocenters. The number of rotatable bonds is 4. The van der Waals surface area contributed by atoms with Crippen molar-refractivity contribution in [3.63, 3.8) is 0 Å². The number of carbonyl (C=O) groups is 2. The zero-order chi connectivity index (χ0) is 22.9. The van der Waals surface area contributed by atoms with Gasteiger partial charge in [-0.1, -0.05) is 48.2 Å². The van der Waals surface area contributed by atoms with Crippen LogP contribution in [0, 0.1) is 0 Å². The van der Waals surface area contributed by atoms with Crippen LogP contribution in [0.4, 0.5) is 18.3 Å². The number of alkyl halides is 3. The Balaban J connectivity index is 1.42. The second kappa shape index (κ2) is 8.85. The van der Waals surface area contributed by atoms with E-state index in [1.165, 1.54) is 35.2 Å². The fourth-order valence-corrected chi connectivity index (χ4v) is 4.53. The van der Waals surface area contributed by atoms with E-state index in [4.69, 9.17) is 12.2 Å². The smallest absolute Gasteiger partial charge is 0.307 e. The first-order chi connectivity index (χ1) is 15.2. The predicted octanol–water partition coefficient (Wildman–Crippen LogP) is 5.57. The summed E-state index contributed by atoms with van der Waals surface area (Å²) in [7, 11) is 0. The van der Waals surface area contributed by atoms with Crippen LogP contribution in [0.1, 0.15) is 21.5 Å². The van der Waals surface area contributed by atoms with Gasteiger partial charge in [0, 0.05) is 16.5 Å². The lowest BCUT2D eigenvalue weighted by Crippen LogP contribution is -2.17. The largest absolute Gasteiger partial charge is 0.416 e. The van der Waals surface area contributed by atoms with Gasteiger partial charge in [-0.25, -0.2) is 4.98 Å². The van der Waals surface area contributed by atoms with E-state index >= 15 is 0 Å². The third kappa shape index (κ3) is 5.06. The number of hydrogen-bond donors (Lipinski definition) is 2. The molecule has 32 heavy (non-hydrogen) atoms. The Kier molecular flexibility index (Phi) is 6.13. The Hall–Kier alpha value is -3.02. The Labute approximate surface area is 193 Å². The third-order valence-electron chi connectivity index (χ3n) is 4.35. The molecule has 2 heterocycles. The minimum atomic E-state index is -4.40. The van der Waals surface area contributed by atoms with E-state index in [1.807, 2.05) is 0 Å². The Morgan fingerprint density at radius 3 is 2.38 bits per heavy atom. The summed E-state index contributed by atoms with van der Waals surface area (Å²) in [6, 6.07) is 11.3. The lowest BCUT2D eigenvalue weighted by Gasteiger charge is -2.06. The van der Waals surface area contributed by atoms with Gasteiger partial charge in [-0.2, -0.15) is 13.2 Å². The van der Waals surface area contributed by atoms with Crippen molar-refractivity contribution in [2.75, 3.05) is 5.32 Å². The van der Waals surface area contributed by atoms with Gasteiger partial charge in [-0.3, -0.25) is 14.9 Å². The van der Waals surface area contributed by atoms with Crippen LogP contribution in [0.2, 0.25) is 0 Å². The summed E-state index contributed by atoms with van der Waals surface area (Å²) in [5, 5.41) is 7.19. The average Bonchev–Trinajstić information content (AvgIpc) is 3.34. The summed E-state index contributed by atoms with van der Waals surface area (Å²) < 4.78 is 38.5. The quantitative estimate of drug-likeness (QED) is 0.369. The van der Waals surface area contributed by atoms with Crippen molar-refractivity contribution < 1.29 is 22.8 Å². The van der Waals surface area contributed by atoms with Crippen molar-refractivity contribution in [1.29, 1.82) is 0 Å². The molecular formula is C21H12F3N3O2S3. The molecule has 1 aliphatic heterocycles. The molecular weight excluding hydrogens is 479 g/mol. The summed E-state index contributed by atoms with van der Waals surface area (Å²) in [4.78, 5) is 29.0. The maximum atomic E-state index is 12.7. The molecule has 1 aromatic heterocycles. The van der Waals surface area contributed by atoms with Gasteiger partial charge in [0.2, 0.25) is 0 Å². The second-order valence-corrected chi connectivity index (χ2v) is 9.12. The normalized spacial score (nSPS) is 15.2. The lowest BCUT2D eigenvalue weighted by atomic mass is 10.1. The lowest BCUT2D eigenvalue weighted by molar-refractivity contribution is -0.137. The van der Waals surface area contributed by atoms with Crippen LogP contribution in [-0.4, -0.2) is 21.1 Å². The fraction of sp³-hybridized carbons (Fsp3) is 0.0476. The number of benzene rings is 2. The van der Waals surface area contributed by atoms with Gasteiger partial charge >= 0.3 is 6.18 Å². The third-order valence-corrected chi connectivity index (χ3v) is 6.27. The van der Waals surface area contributed by atoms with E-state index in [9.17, 15) is 22.8 Å². The number of thiocarbonyl (C=S) groups is 1. The molecule has 2 N–H and O–H groups in total. The van der Waals surface area contributed by atoms with Gasteiger partial charge in [0.1, 0.15) is 4.32 Å². The summed E-state index contributed by atoms with van der Waals surface area (Å²) in [6.45, 7) is 0. The van der Waals surface area contributed by atoms with E-state index in [2.05, 4.69) is 15.6 Å². The predicted molar refractivity (Wildman–Crippen MR) is 123 cm³/mol. The van der Waals surface area contributed by atoms with Crippen molar-refractivity contribution >= 4 is 62.7 Å². The topological polar surface area (TPSA) is 71.1 Å². The summed E-state index contributed by atoms with van der Waals surface area (Å²) in [5.74, 6) is -0.638. The van der Waals surface area contributed by atoms with Crippen LogP contribution in [0.15, 0.2) is 58.8 Å². The van der Waals surface area contributed by atoms with Crippen LogP contribution in [0.5, 0.6) is 0 Å². The van der Waals surface area contributed by atoms with Gasteiger partial charge in [-0.05, 0) is 35.9 Å². The first kappa shape index (κ1) is 22.2. The molecule has 1 fully saturated rings. The molecule has 0 aliphatic carbocycles. The number of carbonyl (C=O) groups excluding carboxylic acids is 2. The van der Waals surface area contributed by atoms with Gasteiger partial charge in [0.25, 0.3) is 11.8 Å². The van der Waals surface area contributed by atoms with E-state index in [-0.39, 0.29) is 11.8 Å². The van der Waals surface area contributed by atoms with Gasteiger partial charge < -0.3 is 5.32 Å². The first-order valence-electron chi connectivity index (χ1n) is 8.98. The molecule has 0 atom stereocenters. The number of nitrogens with one attached hydrogen (secondary N) is 2. The van der Waals surface area contributed by atoms with Crippen molar-refractivity contribution in [1.82, 2.24) is 10.3 Å². The molecule has 1 aliphatic rings. The molecule has 1 saturated heterocycles. The Bertz CT molecular complexity index is 1230. The van der Waals surface area contributed by atoms with Crippen LogP contribution in [-0.2, 0) is 11.0 Å². The monoisotopic (exact) mass is 491 g/mol. The maximum absolute atomic E-state index is 12.7. The molecule has 2 aromatic carbocycles. The highest BCUT2D eigenvalue weighted by molar-refractivity contribution is 8.26. The molecule has 0 saturated carbocycles. The zero-order valence-corrected chi connectivity index (χ0v) is 18.3. The SMILES string of the molecule is O=C1NC(=S)S/C1=C\c1ccc(C(=O)Nc2nc(-c3ccc(C(F)(F)F)cc3)cs2)cc1. The van der Waals surface area contributed by atoms with Gasteiger partial charge in [0.15, 0.2) is 5.13 Å². The molecule has 4 rings (SSSR count). The highest BCUT2D eigenvalue weighted by Gasteiger charge is 2.30. The maximum Gasteiger partial charge on any atom is 0.416 e. The number of thiazole rings is 1. The number of halogens is 3. The van der Waals surface area contributed by atoms with E-state index < -0.39 is 11.7 Å². The number of anilines is 1. The highest BCUT2D eigenvalue weighted by Crippen LogP contribution is 2.32. The number of nitrogens with zero attached hydrogens (tertiary/aromatic N) is 1. The van der Waals surface area contributed by atoms with Crippen molar-refractivity contribution in [3.8, 4) is 11.3 Å². The summed E-state index contributed by atoms with van der Waals surface area (Å²) in [6.07, 6.45) is -2.72. The van der Waals surface area contributed by atoms with Crippen molar-refractivity contribution in [3.05, 3.63) is 75.5 Å². The second-order valence-electron chi connectivity index (χ2n) is 6.54. The van der Waals surface area contributed by atoms with E-state index in [0.717, 1.165) is 17.7 Å².